The van der Waals surface area contributed by atoms with Gasteiger partial charge in [0.25, 0.3) is 0 Å². The summed E-state index contributed by atoms with van der Waals surface area (Å²) in [6.45, 7) is 4.39. The number of nitrogens with one attached hydrogen (secondary N) is 1. The van der Waals surface area contributed by atoms with Crippen molar-refractivity contribution in [1.29, 1.82) is 0 Å². The SMILES string of the molecule is CNC(CCC(C)(C)OC)C1CC2CCC(C1)N2C. The summed E-state index contributed by atoms with van der Waals surface area (Å²) in [5.74, 6) is 0.853. The third kappa shape index (κ3) is 3.50. The van der Waals surface area contributed by atoms with Gasteiger partial charge in [-0.15, -0.1) is 0 Å². The summed E-state index contributed by atoms with van der Waals surface area (Å²) in [7, 11) is 6.27. The molecule has 2 fully saturated rings. The second-order valence-corrected chi connectivity index (χ2v) is 7.18. The number of hydrogen-bond acceptors (Lipinski definition) is 3. The maximum atomic E-state index is 5.56. The molecule has 2 bridgehead atoms. The summed E-state index contributed by atoms with van der Waals surface area (Å²) >= 11 is 0. The van der Waals surface area contributed by atoms with E-state index in [1.807, 2.05) is 7.11 Å². The minimum atomic E-state index is 0.0134. The molecule has 2 aliphatic rings. The Morgan fingerprint density at radius 1 is 1.26 bits per heavy atom. The molecule has 19 heavy (non-hydrogen) atoms. The lowest BCUT2D eigenvalue weighted by atomic mass is 9.82. The van der Waals surface area contributed by atoms with Gasteiger partial charge in [0.05, 0.1) is 5.60 Å². The summed E-state index contributed by atoms with van der Waals surface area (Å²) in [6.07, 6.45) is 7.95. The zero-order valence-corrected chi connectivity index (χ0v) is 13.4. The van der Waals surface area contributed by atoms with Gasteiger partial charge in [0.2, 0.25) is 0 Å². The summed E-state index contributed by atoms with van der Waals surface area (Å²) in [6, 6.07) is 2.34. The number of ether oxygens (including phenoxy) is 1. The van der Waals surface area contributed by atoms with Crippen molar-refractivity contribution in [3.05, 3.63) is 0 Å². The average molecular weight is 268 g/mol. The Hall–Kier alpha value is -0.120. The van der Waals surface area contributed by atoms with Gasteiger partial charge in [-0.2, -0.15) is 0 Å². The minimum Gasteiger partial charge on any atom is -0.379 e. The third-order valence-electron chi connectivity index (χ3n) is 5.68. The first-order valence-corrected chi connectivity index (χ1v) is 7.91. The van der Waals surface area contributed by atoms with E-state index in [1.54, 1.807) is 0 Å². The Kier molecular flexibility index (Phi) is 4.91. The fourth-order valence-electron chi connectivity index (χ4n) is 4.00. The third-order valence-corrected chi connectivity index (χ3v) is 5.68. The molecule has 112 valence electrons. The Morgan fingerprint density at radius 2 is 1.84 bits per heavy atom. The molecule has 2 rings (SSSR count). The van der Waals surface area contributed by atoms with Crippen LogP contribution in [0, 0.1) is 5.92 Å². The number of hydrogen-bond donors (Lipinski definition) is 1. The van der Waals surface area contributed by atoms with Crippen molar-refractivity contribution < 1.29 is 4.74 Å². The van der Waals surface area contributed by atoms with Crippen LogP contribution >= 0.6 is 0 Å². The maximum Gasteiger partial charge on any atom is 0.0623 e. The lowest BCUT2D eigenvalue weighted by Gasteiger charge is -2.40. The normalized spacial score (nSPS) is 33.6. The maximum absolute atomic E-state index is 5.56. The van der Waals surface area contributed by atoms with Crippen molar-refractivity contribution in [3.63, 3.8) is 0 Å². The highest BCUT2D eigenvalue weighted by Gasteiger charge is 2.40. The highest BCUT2D eigenvalue weighted by atomic mass is 16.5. The zero-order chi connectivity index (χ0) is 14.0. The first-order valence-electron chi connectivity index (χ1n) is 7.91. The molecule has 2 aliphatic heterocycles. The molecule has 0 radical (unpaired) electrons. The van der Waals surface area contributed by atoms with E-state index in [0.29, 0.717) is 6.04 Å². The van der Waals surface area contributed by atoms with E-state index in [-0.39, 0.29) is 5.60 Å². The number of nitrogens with zero attached hydrogens (tertiary/aromatic N) is 1. The molecule has 2 saturated heterocycles. The first-order chi connectivity index (χ1) is 8.96. The molecule has 1 N–H and O–H groups in total. The molecule has 3 unspecified atom stereocenters. The number of fused-ring (bicyclic) bond motifs is 2. The molecular weight excluding hydrogens is 236 g/mol. The summed E-state index contributed by atoms with van der Waals surface area (Å²) in [5.41, 5.74) is 0.0134. The summed E-state index contributed by atoms with van der Waals surface area (Å²) in [5, 5.41) is 3.58. The van der Waals surface area contributed by atoms with Gasteiger partial charge >= 0.3 is 0 Å². The first kappa shape index (κ1) is 15.3. The lowest BCUT2D eigenvalue weighted by molar-refractivity contribution is 0.00818. The van der Waals surface area contributed by atoms with E-state index >= 15 is 0 Å². The zero-order valence-electron chi connectivity index (χ0n) is 13.4. The van der Waals surface area contributed by atoms with Crippen LogP contribution in [0.25, 0.3) is 0 Å². The standard InChI is InChI=1S/C16H32N2O/c1-16(2,19-5)9-8-15(17-3)12-10-13-6-7-14(11-12)18(13)4/h12-15,17H,6-11H2,1-5H3. The highest BCUT2D eigenvalue weighted by Crippen LogP contribution is 2.39. The van der Waals surface area contributed by atoms with E-state index < -0.39 is 0 Å². The van der Waals surface area contributed by atoms with E-state index in [9.17, 15) is 0 Å². The molecule has 0 aliphatic carbocycles. The van der Waals surface area contributed by atoms with E-state index in [4.69, 9.17) is 4.74 Å². The van der Waals surface area contributed by atoms with Crippen molar-refractivity contribution >= 4 is 0 Å². The molecule has 2 heterocycles. The van der Waals surface area contributed by atoms with Gasteiger partial charge in [-0.1, -0.05) is 0 Å². The Bertz CT molecular complexity index is 278. The van der Waals surface area contributed by atoms with Gasteiger partial charge in [0, 0.05) is 25.2 Å². The van der Waals surface area contributed by atoms with Crippen LogP contribution in [0.5, 0.6) is 0 Å². The van der Waals surface area contributed by atoms with Gasteiger partial charge in [0.15, 0.2) is 0 Å². The van der Waals surface area contributed by atoms with Crippen LogP contribution in [0.2, 0.25) is 0 Å². The fraction of sp³-hybridized carbons (Fsp3) is 1.00. The molecule has 0 saturated carbocycles. The predicted octanol–water partition coefficient (Wildman–Crippen LogP) is 2.65. The molecule has 0 aromatic heterocycles. The Balaban J connectivity index is 1.88. The average Bonchev–Trinajstić information content (AvgIpc) is 2.62. The van der Waals surface area contributed by atoms with Crippen molar-refractivity contribution in [2.75, 3.05) is 21.2 Å². The van der Waals surface area contributed by atoms with Crippen LogP contribution < -0.4 is 5.32 Å². The molecule has 3 atom stereocenters. The topological polar surface area (TPSA) is 24.5 Å². The number of methoxy groups -OCH3 is 1. The summed E-state index contributed by atoms with van der Waals surface area (Å²) < 4.78 is 5.56. The van der Waals surface area contributed by atoms with Crippen LogP contribution in [-0.4, -0.2) is 49.8 Å². The Morgan fingerprint density at radius 3 is 2.32 bits per heavy atom. The largest absolute Gasteiger partial charge is 0.379 e. The molecule has 3 nitrogen and oxygen atoms in total. The van der Waals surface area contributed by atoms with E-state index in [2.05, 4.69) is 38.2 Å². The Labute approximate surface area is 119 Å². The smallest absolute Gasteiger partial charge is 0.0623 e. The molecule has 0 aromatic carbocycles. The van der Waals surface area contributed by atoms with Crippen molar-refractivity contribution in [2.45, 2.75) is 76.1 Å². The predicted molar refractivity (Wildman–Crippen MR) is 80.5 cm³/mol. The second-order valence-electron chi connectivity index (χ2n) is 7.18. The van der Waals surface area contributed by atoms with Gasteiger partial charge in [-0.05, 0) is 72.4 Å². The van der Waals surface area contributed by atoms with Gasteiger partial charge in [-0.3, -0.25) is 0 Å². The van der Waals surface area contributed by atoms with Gasteiger partial charge in [0.1, 0.15) is 0 Å². The minimum absolute atomic E-state index is 0.0134. The van der Waals surface area contributed by atoms with E-state index in [0.717, 1.165) is 24.4 Å². The fourth-order valence-corrected chi connectivity index (χ4v) is 4.00. The van der Waals surface area contributed by atoms with Crippen LogP contribution in [0.1, 0.15) is 52.4 Å². The molecule has 0 aromatic rings. The number of rotatable bonds is 6. The lowest BCUT2D eigenvalue weighted by Crippen LogP contribution is -2.46. The van der Waals surface area contributed by atoms with Crippen molar-refractivity contribution in [1.82, 2.24) is 10.2 Å². The van der Waals surface area contributed by atoms with Crippen molar-refractivity contribution in [3.8, 4) is 0 Å². The molecule has 3 heteroatoms. The molecular formula is C16H32N2O. The molecule has 0 amide bonds. The van der Waals surface area contributed by atoms with Crippen LogP contribution in [0.15, 0.2) is 0 Å². The number of piperidine rings is 1. The molecule has 0 spiro atoms. The second kappa shape index (κ2) is 6.11. The van der Waals surface area contributed by atoms with Crippen molar-refractivity contribution in [2.24, 2.45) is 5.92 Å². The van der Waals surface area contributed by atoms with E-state index in [1.165, 1.54) is 32.1 Å². The van der Waals surface area contributed by atoms with Gasteiger partial charge in [-0.25, -0.2) is 0 Å². The summed E-state index contributed by atoms with van der Waals surface area (Å²) in [4.78, 5) is 2.63. The van der Waals surface area contributed by atoms with Crippen LogP contribution in [-0.2, 0) is 4.74 Å². The van der Waals surface area contributed by atoms with Gasteiger partial charge < -0.3 is 15.0 Å². The van der Waals surface area contributed by atoms with Crippen LogP contribution in [0.4, 0.5) is 0 Å². The quantitative estimate of drug-likeness (QED) is 0.801. The van der Waals surface area contributed by atoms with Crippen LogP contribution in [0.3, 0.4) is 0 Å². The monoisotopic (exact) mass is 268 g/mol. The highest BCUT2D eigenvalue weighted by molar-refractivity contribution is 4.96.